The molecule has 2 rings (SSSR count). The Balaban J connectivity index is 1.99. The van der Waals surface area contributed by atoms with Crippen LogP contribution in [0.5, 0.6) is 0 Å². The molecule has 1 N–H and O–H groups in total. The van der Waals surface area contributed by atoms with Crippen molar-refractivity contribution in [3.05, 3.63) is 0 Å². The Labute approximate surface area is 142 Å². The van der Waals surface area contributed by atoms with E-state index in [4.69, 9.17) is 4.74 Å². The smallest absolute Gasteiger partial charge is 0.407 e. The highest BCUT2D eigenvalue weighted by Crippen LogP contribution is 2.39. The molecule has 2 fully saturated rings. The van der Waals surface area contributed by atoms with E-state index in [9.17, 15) is 4.79 Å². The molecule has 0 aromatic rings. The Hall–Kier alpha value is -0.770. The minimum Gasteiger partial charge on any atom is -0.444 e. The van der Waals surface area contributed by atoms with Crippen molar-refractivity contribution < 1.29 is 9.53 Å². The first kappa shape index (κ1) is 18.6. The average Bonchev–Trinajstić information content (AvgIpc) is 3.21. The van der Waals surface area contributed by atoms with Crippen molar-refractivity contribution in [3.8, 4) is 0 Å². The van der Waals surface area contributed by atoms with Crippen LogP contribution >= 0.6 is 0 Å². The highest BCUT2D eigenvalue weighted by Gasteiger charge is 2.39. The van der Waals surface area contributed by atoms with Gasteiger partial charge in [-0.3, -0.25) is 4.90 Å². The summed E-state index contributed by atoms with van der Waals surface area (Å²) in [6.07, 6.45) is 4.77. The van der Waals surface area contributed by atoms with E-state index in [-0.39, 0.29) is 12.1 Å². The quantitative estimate of drug-likeness (QED) is 0.829. The zero-order chi connectivity index (χ0) is 17.2. The van der Waals surface area contributed by atoms with Gasteiger partial charge in [-0.15, -0.1) is 0 Å². The largest absolute Gasteiger partial charge is 0.444 e. The number of hydrogen-bond donors (Lipinski definition) is 1. The van der Waals surface area contributed by atoms with Crippen LogP contribution in [0.15, 0.2) is 0 Å². The number of alkyl carbamates (subject to hydrolysis) is 1. The molecule has 1 saturated carbocycles. The zero-order valence-corrected chi connectivity index (χ0v) is 15.9. The average molecular weight is 325 g/mol. The number of rotatable bonds is 5. The molecule has 1 aliphatic carbocycles. The maximum Gasteiger partial charge on any atom is 0.407 e. The van der Waals surface area contributed by atoms with Crippen LogP contribution in [0.25, 0.3) is 0 Å². The molecule has 0 radical (unpaired) electrons. The third-order valence-corrected chi connectivity index (χ3v) is 5.23. The maximum atomic E-state index is 12.1. The number of amides is 1. The van der Waals surface area contributed by atoms with E-state index >= 15 is 0 Å². The van der Waals surface area contributed by atoms with Crippen molar-refractivity contribution in [2.45, 2.75) is 84.9 Å². The van der Waals surface area contributed by atoms with E-state index in [2.05, 4.69) is 31.0 Å². The summed E-state index contributed by atoms with van der Waals surface area (Å²) < 4.78 is 5.45. The summed E-state index contributed by atoms with van der Waals surface area (Å²) in [4.78, 5) is 14.8. The number of carbonyl (C=O) groups is 1. The lowest BCUT2D eigenvalue weighted by atomic mass is 9.84. The predicted octanol–water partition coefficient (Wildman–Crippen LogP) is 4.05. The number of piperidine rings is 1. The van der Waals surface area contributed by atoms with Gasteiger partial charge in [-0.25, -0.2) is 4.79 Å². The molecule has 134 valence electrons. The number of hydrogen-bond acceptors (Lipinski definition) is 3. The van der Waals surface area contributed by atoms with E-state index in [1.165, 1.54) is 25.8 Å². The van der Waals surface area contributed by atoms with Gasteiger partial charge in [0.1, 0.15) is 5.60 Å². The molecular weight excluding hydrogens is 288 g/mol. The lowest BCUT2D eigenvalue weighted by Crippen LogP contribution is -2.55. The van der Waals surface area contributed by atoms with Crippen LogP contribution in [0.4, 0.5) is 4.79 Å². The van der Waals surface area contributed by atoms with Crippen molar-refractivity contribution in [3.63, 3.8) is 0 Å². The molecule has 0 spiro atoms. The summed E-state index contributed by atoms with van der Waals surface area (Å²) in [7, 11) is 0. The first-order valence-corrected chi connectivity index (χ1v) is 9.43. The van der Waals surface area contributed by atoms with Gasteiger partial charge < -0.3 is 10.1 Å². The lowest BCUT2D eigenvalue weighted by molar-refractivity contribution is 0.0354. The molecule has 23 heavy (non-hydrogen) atoms. The van der Waals surface area contributed by atoms with Crippen LogP contribution in [0.1, 0.15) is 67.2 Å². The Morgan fingerprint density at radius 1 is 1.22 bits per heavy atom. The topological polar surface area (TPSA) is 41.6 Å². The van der Waals surface area contributed by atoms with Crippen molar-refractivity contribution in [1.82, 2.24) is 10.2 Å². The fourth-order valence-corrected chi connectivity index (χ4v) is 3.88. The summed E-state index contributed by atoms with van der Waals surface area (Å²) in [5, 5.41) is 3.13. The highest BCUT2D eigenvalue weighted by atomic mass is 16.6. The summed E-state index contributed by atoms with van der Waals surface area (Å²) in [6.45, 7) is 14.8. The highest BCUT2D eigenvalue weighted by molar-refractivity contribution is 5.68. The van der Waals surface area contributed by atoms with Crippen molar-refractivity contribution in [2.24, 2.45) is 17.8 Å². The SMILES string of the molecule is CCC(C1CC1)N1CC(NC(=O)OC(C)(C)C)CC(C(C)C)C1. The molecular formula is C19H36N2O2. The van der Waals surface area contributed by atoms with Gasteiger partial charge in [-0.1, -0.05) is 20.8 Å². The molecule has 2 aliphatic rings. The summed E-state index contributed by atoms with van der Waals surface area (Å²) in [5.74, 6) is 2.18. The number of nitrogens with zero attached hydrogens (tertiary/aromatic N) is 1. The second-order valence-corrected chi connectivity index (χ2v) is 8.85. The first-order valence-electron chi connectivity index (χ1n) is 9.43. The normalized spacial score (nSPS) is 27.8. The number of likely N-dealkylation sites (tertiary alicyclic amines) is 1. The molecule has 4 nitrogen and oxygen atoms in total. The number of ether oxygens (including phenoxy) is 1. The van der Waals surface area contributed by atoms with Crippen LogP contribution in [-0.4, -0.2) is 41.8 Å². The van der Waals surface area contributed by atoms with E-state index < -0.39 is 5.60 Å². The third kappa shape index (κ3) is 5.66. The molecule has 4 heteroatoms. The first-order chi connectivity index (χ1) is 10.7. The Morgan fingerprint density at radius 3 is 2.35 bits per heavy atom. The molecule has 1 saturated heterocycles. The zero-order valence-electron chi connectivity index (χ0n) is 15.9. The summed E-state index contributed by atoms with van der Waals surface area (Å²) in [5.41, 5.74) is -0.435. The Bertz CT molecular complexity index is 399. The molecule has 1 amide bonds. The predicted molar refractivity (Wildman–Crippen MR) is 94.5 cm³/mol. The van der Waals surface area contributed by atoms with E-state index in [1.54, 1.807) is 0 Å². The second kappa shape index (κ2) is 7.42. The Morgan fingerprint density at radius 2 is 1.87 bits per heavy atom. The van der Waals surface area contributed by atoms with E-state index in [1.807, 2.05) is 20.8 Å². The molecule has 0 aromatic heterocycles. The van der Waals surface area contributed by atoms with Gasteiger partial charge in [0.05, 0.1) is 0 Å². The van der Waals surface area contributed by atoms with Gasteiger partial charge in [-0.2, -0.15) is 0 Å². The van der Waals surface area contributed by atoms with E-state index in [0.717, 1.165) is 18.9 Å². The van der Waals surface area contributed by atoms with Crippen molar-refractivity contribution >= 4 is 6.09 Å². The van der Waals surface area contributed by atoms with Gasteiger partial charge in [-0.05, 0) is 64.2 Å². The molecule has 1 heterocycles. The monoisotopic (exact) mass is 324 g/mol. The van der Waals surface area contributed by atoms with Crippen LogP contribution in [-0.2, 0) is 4.74 Å². The van der Waals surface area contributed by atoms with Gasteiger partial charge in [0.25, 0.3) is 0 Å². The molecule has 3 unspecified atom stereocenters. The van der Waals surface area contributed by atoms with E-state index in [0.29, 0.717) is 17.9 Å². The molecule has 0 aromatic carbocycles. The summed E-state index contributed by atoms with van der Waals surface area (Å²) >= 11 is 0. The standard InChI is InChI=1S/C19H36N2O2/c1-7-17(14-8-9-14)21-11-15(13(2)3)10-16(12-21)20-18(22)23-19(4,5)6/h13-17H,7-12H2,1-6H3,(H,20,22). The summed E-state index contributed by atoms with van der Waals surface area (Å²) in [6, 6.07) is 0.901. The van der Waals surface area contributed by atoms with Crippen LogP contribution < -0.4 is 5.32 Å². The molecule has 3 atom stereocenters. The lowest BCUT2D eigenvalue weighted by Gasteiger charge is -2.43. The Kier molecular flexibility index (Phi) is 5.99. The van der Waals surface area contributed by atoms with Crippen molar-refractivity contribution in [2.75, 3.05) is 13.1 Å². The van der Waals surface area contributed by atoms with Crippen molar-refractivity contribution in [1.29, 1.82) is 0 Å². The van der Waals surface area contributed by atoms with Gasteiger partial charge >= 0.3 is 6.09 Å². The molecule has 0 bridgehead atoms. The minimum atomic E-state index is -0.435. The number of nitrogens with one attached hydrogen (secondary N) is 1. The van der Waals surface area contributed by atoms with Gasteiger partial charge in [0, 0.05) is 25.2 Å². The number of carbonyl (C=O) groups excluding carboxylic acids is 1. The van der Waals surface area contributed by atoms with Crippen LogP contribution in [0, 0.1) is 17.8 Å². The fraction of sp³-hybridized carbons (Fsp3) is 0.947. The fourth-order valence-electron chi connectivity index (χ4n) is 3.88. The van der Waals surface area contributed by atoms with Crippen LogP contribution in [0.2, 0.25) is 0 Å². The van der Waals surface area contributed by atoms with Gasteiger partial charge in [0.2, 0.25) is 0 Å². The van der Waals surface area contributed by atoms with Gasteiger partial charge in [0.15, 0.2) is 0 Å². The second-order valence-electron chi connectivity index (χ2n) is 8.85. The van der Waals surface area contributed by atoms with Crippen LogP contribution in [0.3, 0.4) is 0 Å². The minimum absolute atomic E-state index is 0.207. The maximum absolute atomic E-state index is 12.1. The molecule has 1 aliphatic heterocycles. The third-order valence-electron chi connectivity index (χ3n) is 5.23.